The highest BCUT2D eigenvalue weighted by Gasteiger charge is 2.43. The molecule has 0 fully saturated rings. The topological polar surface area (TPSA) is 86.7 Å². The smallest absolute Gasteiger partial charge is 0.323 e. The predicted octanol–water partition coefficient (Wildman–Crippen LogP) is 0.544. The third kappa shape index (κ3) is 1.38. The molecule has 92 valence electrons. The molecule has 0 radical (unpaired) electrons. The molecule has 0 bridgehead atoms. The lowest BCUT2D eigenvalue weighted by Crippen LogP contribution is -2.35. The molecule has 0 saturated heterocycles. The molecule has 3 rings (SSSR count). The van der Waals surface area contributed by atoms with Crippen molar-refractivity contribution in [3.63, 3.8) is 0 Å². The van der Waals surface area contributed by atoms with E-state index in [-0.39, 0.29) is 24.8 Å². The summed E-state index contributed by atoms with van der Waals surface area (Å²) < 4.78 is 0. The zero-order chi connectivity index (χ0) is 12.9. The molecule has 0 aliphatic carbocycles. The summed E-state index contributed by atoms with van der Waals surface area (Å²) in [5, 5.41) is 11.5. The summed E-state index contributed by atoms with van der Waals surface area (Å²) in [6, 6.07) is 5.13. The van der Waals surface area contributed by atoms with E-state index in [9.17, 15) is 14.4 Å². The summed E-state index contributed by atoms with van der Waals surface area (Å²) in [6.07, 6.45) is 0.0823. The Hall–Kier alpha value is -2.37. The largest absolute Gasteiger partial charge is 0.480 e. The molecule has 2 N–H and O–H groups in total. The summed E-state index contributed by atoms with van der Waals surface area (Å²) in [5.41, 5.74) is 1.93. The molecule has 18 heavy (non-hydrogen) atoms. The zero-order valence-corrected chi connectivity index (χ0v) is 9.34. The molecular formula is C12H10N2O4. The number of carbonyl (C=O) groups excluding carboxylic acids is 2. The molecule has 2 heterocycles. The average Bonchev–Trinajstić information content (AvgIpc) is 2.56. The first-order chi connectivity index (χ1) is 8.58. The maximum atomic E-state index is 12.1. The summed E-state index contributed by atoms with van der Waals surface area (Å²) in [5.74, 6) is -2.13. The number of carboxylic acids is 1. The fraction of sp³-hybridized carbons (Fsp3) is 0.250. The van der Waals surface area contributed by atoms with Crippen LogP contribution in [-0.2, 0) is 14.4 Å². The van der Waals surface area contributed by atoms with Crippen molar-refractivity contribution in [2.45, 2.75) is 12.3 Å². The van der Waals surface area contributed by atoms with Crippen LogP contribution in [0.5, 0.6) is 0 Å². The normalized spacial score (nSPS) is 20.7. The second kappa shape index (κ2) is 3.56. The van der Waals surface area contributed by atoms with Crippen molar-refractivity contribution < 1.29 is 19.5 Å². The van der Waals surface area contributed by atoms with Gasteiger partial charge in [-0.05, 0) is 12.1 Å². The van der Waals surface area contributed by atoms with Crippen LogP contribution in [0.3, 0.4) is 0 Å². The molecule has 0 saturated carbocycles. The van der Waals surface area contributed by atoms with Gasteiger partial charge in [-0.3, -0.25) is 14.4 Å². The number of nitrogens with zero attached hydrogens (tertiary/aromatic N) is 1. The van der Waals surface area contributed by atoms with Gasteiger partial charge >= 0.3 is 5.97 Å². The van der Waals surface area contributed by atoms with Crippen LogP contribution < -0.4 is 10.2 Å². The highest BCUT2D eigenvalue weighted by Crippen LogP contribution is 2.45. The number of nitrogens with one attached hydrogen (secondary N) is 1. The van der Waals surface area contributed by atoms with Crippen molar-refractivity contribution in [2.24, 2.45) is 0 Å². The highest BCUT2D eigenvalue weighted by molar-refractivity contribution is 6.14. The molecule has 2 amide bonds. The first kappa shape index (κ1) is 10.8. The molecule has 1 unspecified atom stereocenters. The van der Waals surface area contributed by atoms with E-state index in [1.165, 1.54) is 4.90 Å². The van der Waals surface area contributed by atoms with Gasteiger partial charge in [0.05, 0.1) is 11.6 Å². The first-order valence-electron chi connectivity index (χ1n) is 5.54. The number of rotatable bonds is 2. The number of benzene rings is 1. The molecule has 1 aromatic rings. The van der Waals surface area contributed by atoms with Crippen LogP contribution in [0.4, 0.5) is 11.4 Å². The van der Waals surface area contributed by atoms with Crippen LogP contribution in [0, 0.1) is 0 Å². The number of amides is 2. The summed E-state index contributed by atoms with van der Waals surface area (Å²) in [4.78, 5) is 35.7. The van der Waals surface area contributed by atoms with E-state index < -0.39 is 11.9 Å². The average molecular weight is 246 g/mol. The van der Waals surface area contributed by atoms with Gasteiger partial charge in [0, 0.05) is 17.7 Å². The van der Waals surface area contributed by atoms with E-state index in [1.807, 2.05) is 0 Å². The summed E-state index contributed by atoms with van der Waals surface area (Å²) in [7, 11) is 0. The Labute approximate surface area is 102 Å². The predicted molar refractivity (Wildman–Crippen MR) is 62.4 cm³/mol. The number of hydrogen-bond acceptors (Lipinski definition) is 3. The maximum absolute atomic E-state index is 12.1. The van der Waals surface area contributed by atoms with E-state index in [1.54, 1.807) is 18.2 Å². The van der Waals surface area contributed by atoms with Gasteiger partial charge in [0.1, 0.15) is 6.54 Å². The molecule has 2 aliphatic heterocycles. The standard InChI is InChI=1S/C12H10N2O4/c15-9-4-6-11-7(13-9)2-1-3-8(11)14(12(6)18)5-10(16)17/h1-3,6H,4-5H2,(H,13,15)(H,16,17). The van der Waals surface area contributed by atoms with Crippen LogP contribution in [0.2, 0.25) is 0 Å². The Morgan fingerprint density at radius 2 is 2.22 bits per heavy atom. The lowest BCUT2D eigenvalue weighted by molar-refractivity contribution is -0.136. The van der Waals surface area contributed by atoms with Crippen molar-refractivity contribution in [1.82, 2.24) is 0 Å². The molecule has 0 aromatic heterocycles. The van der Waals surface area contributed by atoms with E-state index in [4.69, 9.17) is 5.11 Å². The van der Waals surface area contributed by atoms with Crippen molar-refractivity contribution in [1.29, 1.82) is 0 Å². The van der Waals surface area contributed by atoms with Crippen molar-refractivity contribution in [3.05, 3.63) is 23.8 Å². The van der Waals surface area contributed by atoms with E-state index in [0.717, 1.165) is 5.56 Å². The third-order valence-electron chi connectivity index (χ3n) is 3.24. The second-order valence-corrected chi connectivity index (χ2v) is 4.36. The Balaban J connectivity index is 2.12. The summed E-state index contributed by atoms with van der Waals surface area (Å²) in [6.45, 7) is -0.375. The number of hydrogen-bond donors (Lipinski definition) is 2. The Morgan fingerprint density at radius 3 is 2.94 bits per heavy atom. The Kier molecular flexibility index (Phi) is 2.13. The van der Waals surface area contributed by atoms with Crippen LogP contribution >= 0.6 is 0 Å². The SMILES string of the molecule is O=C(O)CN1C(=O)C2CC(=O)Nc3cccc1c32. The van der Waals surface area contributed by atoms with Crippen molar-refractivity contribution in [3.8, 4) is 0 Å². The molecule has 0 spiro atoms. The van der Waals surface area contributed by atoms with Gasteiger partial charge in [0.2, 0.25) is 11.8 Å². The van der Waals surface area contributed by atoms with Gasteiger partial charge in [-0.25, -0.2) is 0 Å². The van der Waals surface area contributed by atoms with Gasteiger partial charge in [0.15, 0.2) is 0 Å². The zero-order valence-electron chi connectivity index (χ0n) is 9.34. The van der Waals surface area contributed by atoms with E-state index in [0.29, 0.717) is 11.4 Å². The molecule has 6 nitrogen and oxygen atoms in total. The van der Waals surface area contributed by atoms with Gasteiger partial charge in [-0.1, -0.05) is 6.07 Å². The van der Waals surface area contributed by atoms with Gasteiger partial charge < -0.3 is 15.3 Å². The monoisotopic (exact) mass is 246 g/mol. The second-order valence-electron chi connectivity index (χ2n) is 4.36. The van der Waals surface area contributed by atoms with Crippen molar-refractivity contribution >= 4 is 29.2 Å². The maximum Gasteiger partial charge on any atom is 0.323 e. The summed E-state index contributed by atoms with van der Waals surface area (Å²) >= 11 is 0. The minimum Gasteiger partial charge on any atom is -0.480 e. The number of carbonyl (C=O) groups is 3. The quantitative estimate of drug-likeness (QED) is 0.797. The fourth-order valence-corrected chi connectivity index (χ4v) is 2.57. The van der Waals surface area contributed by atoms with Crippen LogP contribution in [0.25, 0.3) is 0 Å². The Morgan fingerprint density at radius 1 is 1.44 bits per heavy atom. The Bertz CT molecular complexity index is 581. The molecule has 1 atom stereocenters. The van der Waals surface area contributed by atoms with Gasteiger partial charge in [0.25, 0.3) is 0 Å². The number of carboxylic acid groups (broad SMARTS) is 1. The lowest BCUT2D eigenvalue weighted by atomic mass is 9.92. The highest BCUT2D eigenvalue weighted by atomic mass is 16.4. The minimum absolute atomic E-state index is 0.0823. The van der Waals surface area contributed by atoms with Crippen LogP contribution in [-0.4, -0.2) is 29.4 Å². The molecule has 1 aromatic carbocycles. The first-order valence-corrected chi connectivity index (χ1v) is 5.54. The van der Waals surface area contributed by atoms with Gasteiger partial charge in [-0.15, -0.1) is 0 Å². The van der Waals surface area contributed by atoms with Crippen LogP contribution in [0.1, 0.15) is 17.9 Å². The lowest BCUT2D eigenvalue weighted by Gasteiger charge is -2.19. The molecule has 2 aliphatic rings. The van der Waals surface area contributed by atoms with Gasteiger partial charge in [-0.2, -0.15) is 0 Å². The fourth-order valence-electron chi connectivity index (χ4n) is 2.57. The third-order valence-corrected chi connectivity index (χ3v) is 3.24. The van der Waals surface area contributed by atoms with E-state index >= 15 is 0 Å². The van der Waals surface area contributed by atoms with Crippen LogP contribution in [0.15, 0.2) is 18.2 Å². The van der Waals surface area contributed by atoms with Crippen molar-refractivity contribution in [2.75, 3.05) is 16.8 Å². The number of aliphatic carboxylic acids is 1. The molecular weight excluding hydrogens is 236 g/mol. The minimum atomic E-state index is -1.07. The number of anilines is 2. The van der Waals surface area contributed by atoms with E-state index in [2.05, 4.69) is 5.32 Å². The molecule has 6 heteroatoms.